The zero-order valence-corrected chi connectivity index (χ0v) is 14.2. The van der Waals surface area contributed by atoms with Gasteiger partial charge in [0.2, 0.25) is 5.91 Å². The Balaban J connectivity index is 0.00000441. The number of carbonyl (C=O) groups is 1. The van der Waals surface area contributed by atoms with Gasteiger partial charge in [-0.1, -0.05) is 12.1 Å². The van der Waals surface area contributed by atoms with Crippen molar-refractivity contribution in [3.63, 3.8) is 0 Å². The number of nitrogens with one attached hydrogen (secondary N) is 1. The smallest absolute Gasteiger partial charge is 0.239 e. The molecule has 0 bridgehead atoms. The molecule has 0 aliphatic heterocycles. The Morgan fingerprint density at radius 1 is 1.23 bits per heavy atom. The summed E-state index contributed by atoms with van der Waals surface area (Å²) in [6.07, 6.45) is -0.269. The summed E-state index contributed by atoms with van der Waals surface area (Å²) in [6, 6.07) is 6.61. The van der Waals surface area contributed by atoms with E-state index >= 15 is 0 Å². The quantitative estimate of drug-likeness (QED) is 0.749. The van der Waals surface area contributed by atoms with Gasteiger partial charge in [0.25, 0.3) is 0 Å². The highest BCUT2D eigenvalue weighted by atomic mass is 35.5. The number of rotatable bonds is 8. The van der Waals surface area contributed by atoms with Gasteiger partial charge in [0.1, 0.15) is 17.9 Å². The standard InChI is InChI=1S/C15H24N2O4.ClH/c1-10(17-15(18)13(16)9-19-2)14(21-4)11-5-7-12(20-3)8-6-11;/h5-8,10,13-14H,9,16H2,1-4H3,(H,17,18);1H. The van der Waals surface area contributed by atoms with Crippen LogP contribution in [0.4, 0.5) is 0 Å². The van der Waals surface area contributed by atoms with Crippen LogP contribution in [0.15, 0.2) is 24.3 Å². The van der Waals surface area contributed by atoms with E-state index in [1.165, 1.54) is 7.11 Å². The van der Waals surface area contributed by atoms with Gasteiger partial charge in [0.15, 0.2) is 0 Å². The van der Waals surface area contributed by atoms with Crippen molar-refractivity contribution in [3.05, 3.63) is 29.8 Å². The molecule has 0 fully saturated rings. The van der Waals surface area contributed by atoms with Crippen molar-refractivity contribution >= 4 is 18.3 Å². The summed E-state index contributed by atoms with van der Waals surface area (Å²) in [7, 11) is 4.72. The topological polar surface area (TPSA) is 82.8 Å². The van der Waals surface area contributed by atoms with Gasteiger partial charge in [0, 0.05) is 14.2 Å². The molecular weight excluding hydrogens is 308 g/mol. The third-order valence-electron chi connectivity index (χ3n) is 3.21. The van der Waals surface area contributed by atoms with E-state index in [1.807, 2.05) is 31.2 Å². The Kier molecular flexibility index (Phi) is 9.76. The zero-order valence-electron chi connectivity index (χ0n) is 13.4. The molecule has 1 rings (SSSR count). The molecule has 6 nitrogen and oxygen atoms in total. The first-order valence-corrected chi connectivity index (χ1v) is 6.75. The molecule has 0 saturated heterocycles. The second kappa shape index (κ2) is 10.4. The fourth-order valence-electron chi connectivity index (χ4n) is 2.08. The maximum absolute atomic E-state index is 11.9. The van der Waals surface area contributed by atoms with E-state index in [4.69, 9.17) is 19.9 Å². The van der Waals surface area contributed by atoms with Crippen LogP contribution in [0.25, 0.3) is 0 Å². The molecule has 1 aromatic carbocycles. The maximum Gasteiger partial charge on any atom is 0.239 e. The van der Waals surface area contributed by atoms with E-state index in [1.54, 1.807) is 14.2 Å². The van der Waals surface area contributed by atoms with Crippen LogP contribution in [-0.4, -0.2) is 45.9 Å². The third kappa shape index (κ3) is 5.81. The normalized spacial score (nSPS) is 14.4. The lowest BCUT2D eigenvalue weighted by atomic mass is 10.0. The van der Waals surface area contributed by atoms with Crippen LogP contribution >= 0.6 is 12.4 Å². The van der Waals surface area contributed by atoms with Crippen LogP contribution in [-0.2, 0) is 14.3 Å². The Hall–Kier alpha value is -1.34. The number of ether oxygens (including phenoxy) is 3. The van der Waals surface area contributed by atoms with Crippen molar-refractivity contribution in [1.29, 1.82) is 0 Å². The molecule has 7 heteroatoms. The predicted octanol–water partition coefficient (Wildman–Crippen LogP) is 1.28. The summed E-state index contributed by atoms with van der Waals surface area (Å²) >= 11 is 0. The van der Waals surface area contributed by atoms with Crippen molar-refractivity contribution in [2.45, 2.75) is 25.1 Å². The monoisotopic (exact) mass is 332 g/mol. The van der Waals surface area contributed by atoms with E-state index in [9.17, 15) is 4.79 Å². The SMILES string of the molecule is COCC(N)C(=O)NC(C)C(OC)c1ccc(OC)cc1.Cl. The van der Waals surface area contributed by atoms with Gasteiger partial charge in [-0.05, 0) is 24.6 Å². The van der Waals surface area contributed by atoms with Gasteiger partial charge < -0.3 is 25.3 Å². The number of hydrogen-bond acceptors (Lipinski definition) is 5. The highest BCUT2D eigenvalue weighted by Crippen LogP contribution is 2.23. The van der Waals surface area contributed by atoms with Crippen molar-refractivity contribution in [2.24, 2.45) is 5.73 Å². The molecular formula is C15H25ClN2O4. The number of benzene rings is 1. The van der Waals surface area contributed by atoms with Gasteiger partial charge in [-0.3, -0.25) is 4.79 Å². The van der Waals surface area contributed by atoms with E-state index in [-0.39, 0.29) is 37.1 Å². The molecule has 0 saturated carbocycles. The molecule has 0 aliphatic carbocycles. The molecule has 22 heavy (non-hydrogen) atoms. The summed E-state index contributed by atoms with van der Waals surface area (Å²) in [5.41, 5.74) is 6.65. The average Bonchev–Trinajstić information content (AvgIpc) is 2.48. The average molecular weight is 333 g/mol. The van der Waals surface area contributed by atoms with Crippen molar-refractivity contribution in [2.75, 3.05) is 27.9 Å². The van der Waals surface area contributed by atoms with Gasteiger partial charge >= 0.3 is 0 Å². The van der Waals surface area contributed by atoms with E-state index < -0.39 is 6.04 Å². The van der Waals surface area contributed by atoms with E-state index in [2.05, 4.69) is 5.32 Å². The molecule has 0 spiro atoms. The fraction of sp³-hybridized carbons (Fsp3) is 0.533. The second-order valence-electron chi connectivity index (χ2n) is 4.79. The molecule has 0 aliphatic rings. The Bertz CT molecular complexity index is 442. The lowest BCUT2D eigenvalue weighted by Gasteiger charge is -2.25. The molecule has 126 valence electrons. The van der Waals surface area contributed by atoms with Gasteiger partial charge in [-0.2, -0.15) is 0 Å². The summed E-state index contributed by atoms with van der Waals surface area (Å²) in [5.74, 6) is 0.507. The van der Waals surface area contributed by atoms with Gasteiger partial charge in [-0.15, -0.1) is 12.4 Å². The third-order valence-corrected chi connectivity index (χ3v) is 3.21. The van der Waals surface area contributed by atoms with E-state index in [0.29, 0.717) is 0 Å². The van der Waals surface area contributed by atoms with Crippen LogP contribution in [0.3, 0.4) is 0 Å². The number of methoxy groups -OCH3 is 3. The van der Waals surface area contributed by atoms with Crippen molar-refractivity contribution in [1.82, 2.24) is 5.32 Å². The molecule has 3 unspecified atom stereocenters. The van der Waals surface area contributed by atoms with Gasteiger partial charge in [0.05, 0.1) is 19.8 Å². The summed E-state index contributed by atoms with van der Waals surface area (Å²) in [5, 5.41) is 2.84. The van der Waals surface area contributed by atoms with E-state index in [0.717, 1.165) is 11.3 Å². The zero-order chi connectivity index (χ0) is 15.8. The first-order chi connectivity index (χ1) is 10.0. The minimum atomic E-state index is -0.689. The molecule has 0 radical (unpaired) electrons. The van der Waals surface area contributed by atoms with Crippen LogP contribution in [0.5, 0.6) is 5.75 Å². The minimum absolute atomic E-state index is 0. The first-order valence-electron chi connectivity index (χ1n) is 6.75. The molecule has 0 heterocycles. The summed E-state index contributed by atoms with van der Waals surface area (Å²) < 4.78 is 15.5. The van der Waals surface area contributed by atoms with Crippen molar-refractivity contribution < 1.29 is 19.0 Å². The lowest BCUT2D eigenvalue weighted by molar-refractivity contribution is -0.125. The summed E-state index contributed by atoms with van der Waals surface area (Å²) in [4.78, 5) is 11.9. The van der Waals surface area contributed by atoms with Crippen LogP contribution in [0.2, 0.25) is 0 Å². The molecule has 1 aromatic rings. The predicted molar refractivity (Wildman–Crippen MR) is 87.4 cm³/mol. The molecule has 3 atom stereocenters. The highest BCUT2D eigenvalue weighted by Gasteiger charge is 2.23. The summed E-state index contributed by atoms with van der Waals surface area (Å²) in [6.45, 7) is 2.05. The minimum Gasteiger partial charge on any atom is -0.497 e. The Morgan fingerprint density at radius 3 is 2.27 bits per heavy atom. The first kappa shape index (κ1) is 20.7. The number of carbonyl (C=O) groups excluding carboxylic acids is 1. The van der Waals surface area contributed by atoms with Gasteiger partial charge in [-0.25, -0.2) is 0 Å². The number of hydrogen-bond donors (Lipinski definition) is 2. The number of nitrogens with two attached hydrogens (primary N) is 1. The number of amides is 1. The largest absolute Gasteiger partial charge is 0.497 e. The maximum atomic E-state index is 11.9. The Labute approximate surface area is 137 Å². The number of halogens is 1. The van der Waals surface area contributed by atoms with Crippen LogP contribution in [0, 0.1) is 0 Å². The second-order valence-corrected chi connectivity index (χ2v) is 4.79. The highest BCUT2D eigenvalue weighted by molar-refractivity contribution is 5.85. The molecule has 1 amide bonds. The lowest BCUT2D eigenvalue weighted by Crippen LogP contribution is -2.48. The Morgan fingerprint density at radius 2 is 1.82 bits per heavy atom. The van der Waals surface area contributed by atoms with Crippen LogP contribution in [0.1, 0.15) is 18.6 Å². The van der Waals surface area contributed by atoms with Crippen molar-refractivity contribution in [3.8, 4) is 5.75 Å². The molecule has 0 aromatic heterocycles. The van der Waals surface area contributed by atoms with Crippen LogP contribution < -0.4 is 15.8 Å². The molecule has 3 N–H and O–H groups in total. The fourth-order valence-corrected chi connectivity index (χ4v) is 2.08.